The van der Waals surface area contributed by atoms with E-state index in [1.54, 1.807) is 30.3 Å². The van der Waals surface area contributed by atoms with E-state index in [-0.39, 0.29) is 26.4 Å². The Kier molecular flexibility index (Phi) is 8.50. The number of benzene rings is 2. The average molecular weight is 385 g/mol. The van der Waals surface area contributed by atoms with Gasteiger partial charge in [-0.15, -0.1) is 6.42 Å². The number of carbonyl (C=O) groups is 1. The van der Waals surface area contributed by atoms with Crippen molar-refractivity contribution in [1.82, 2.24) is 5.32 Å². The standard InChI is InChI=1S/C21H23NO6/c1-3-12-27-19-10-9-17(14-20(19)25-2)26-13-11-22-21(24)18(23)15-28-16-7-5-4-6-8-16/h1,4-10,14,18,23H,11-13,15H2,2H3,(H,22,24). The number of rotatable bonds is 11. The van der Waals surface area contributed by atoms with Gasteiger partial charge in [0.1, 0.15) is 31.3 Å². The van der Waals surface area contributed by atoms with Crippen molar-refractivity contribution in [3.8, 4) is 35.3 Å². The number of terminal acetylenes is 1. The molecule has 1 atom stereocenters. The van der Waals surface area contributed by atoms with Gasteiger partial charge >= 0.3 is 0 Å². The van der Waals surface area contributed by atoms with E-state index < -0.39 is 12.0 Å². The third kappa shape index (κ3) is 6.74. The van der Waals surface area contributed by atoms with Crippen molar-refractivity contribution in [1.29, 1.82) is 0 Å². The number of hydrogen-bond acceptors (Lipinski definition) is 6. The molecule has 0 radical (unpaired) electrons. The van der Waals surface area contributed by atoms with E-state index in [1.807, 2.05) is 18.2 Å². The van der Waals surface area contributed by atoms with Crippen molar-refractivity contribution in [3.05, 3.63) is 48.5 Å². The molecule has 2 rings (SSSR count). The Bertz CT molecular complexity index is 787. The number of nitrogens with one attached hydrogen (secondary N) is 1. The topological polar surface area (TPSA) is 86.3 Å². The highest BCUT2D eigenvalue weighted by Crippen LogP contribution is 2.31. The van der Waals surface area contributed by atoms with Crippen LogP contribution in [0.3, 0.4) is 0 Å². The van der Waals surface area contributed by atoms with Crippen LogP contribution in [-0.4, -0.2) is 50.6 Å². The van der Waals surface area contributed by atoms with Crippen molar-refractivity contribution in [2.45, 2.75) is 6.10 Å². The Balaban J connectivity index is 1.71. The minimum absolute atomic E-state index is 0.132. The van der Waals surface area contributed by atoms with Crippen LogP contribution in [0.5, 0.6) is 23.0 Å². The summed E-state index contributed by atoms with van der Waals surface area (Å²) in [6, 6.07) is 14.0. The minimum atomic E-state index is -1.27. The van der Waals surface area contributed by atoms with Crippen molar-refractivity contribution >= 4 is 5.91 Å². The van der Waals surface area contributed by atoms with E-state index in [0.717, 1.165) is 0 Å². The number of hydrogen-bond donors (Lipinski definition) is 2. The molecular weight excluding hydrogens is 362 g/mol. The minimum Gasteiger partial charge on any atom is -0.493 e. The molecule has 28 heavy (non-hydrogen) atoms. The molecule has 7 nitrogen and oxygen atoms in total. The first-order valence-corrected chi connectivity index (χ1v) is 8.64. The van der Waals surface area contributed by atoms with Gasteiger partial charge in [-0.3, -0.25) is 4.79 Å². The molecule has 1 unspecified atom stereocenters. The van der Waals surface area contributed by atoms with Crippen molar-refractivity contribution in [2.75, 3.05) is 33.5 Å². The normalized spacial score (nSPS) is 11.0. The highest BCUT2D eigenvalue weighted by atomic mass is 16.5. The Morgan fingerprint density at radius 3 is 2.61 bits per heavy atom. The highest BCUT2D eigenvalue weighted by Gasteiger charge is 2.15. The molecule has 0 saturated heterocycles. The molecule has 0 aliphatic carbocycles. The zero-order valence-corrected chi connectivity index (χ0v) is 15.6. The van der Waals surface area contributed by atoms with Crippen LogP contribution < -0.4 is 24.3 Å². The molecule has 1 amide bonds. The lowest BCUT2D eigenvalue weighted by Crippen LogP contribution is -2.40. The van der Waals surface area contributed by atoms with E-state index in [2.05, 4.69) is 11.2 Å². The third-order valence-electron chi connectivity index (χ3n) is 3.57. The Labute approximate surface area is 164 Å². The number of aliphatic hydroxyl groups excluding tert-OH is 1. The first kappa shape index (κ1) is 20.9. The molecule has 0 heterocycles. The summed E-state index contributed by atoms with van der Waals surface area (Å²) in [5.41, 5.74) is 0. The molecule has 0 aliphatic heterocycles. The molecule has 0 aliphatic rings. The summed E-state index contributed by atoms with van der Waals surface area (Å²) in [7, 11) is 1.51. The summed E-state index contributed by atoms with van der Waals surface area (Å²) in [5.74, 6) is 3.99. The van der Waals surface area contributed by atoms with Gasteiger partial charge in [0.2, 0.25) is 0 Å². The van der Waals surface area contributed by atoms with Crippen LogP contribution >= 0.6 is 0 Å². The molecule has 0 spiro atoms. The van der Waals surface area contributed by atoms with Gasteiger partial charge in [0.15, 0.2) is 17.6 Å². The molecule has 7 heteroatoms. The van der Waals surface area contributed by atoms with Crippen molar-refractivity contribution in [3.63, 3.8) is 0 Å². The van der Waals surface area contributed by atoms with Crippen LogP contribution in [-0.2, 0) is 4.79 Å². The summed E-state index contributed by atoms with van der Waals surface area (Å²) in [4.78, 5) is 11.9. The van der Waals surface area contributed by atoms with Gasteiger partial charge in [0, 0.05) is 6.07 Å². The Morgan fingerprint density at radius 1 is 1.11 bits per heavy atom. The quantitative estimate of drug-likeness (QED) is 0.452. The number of carbonyl (C=O) groups excluding carboxylic acids is 1. The van der Waals surface area contributed by atoms with Crippen LogP contribution in [0.15, 0.2) is 48.5 Å². The summed E-state index contributed by atoms with van der Waals surface area (Å²) < 4.78 is 21.5. The van der Waals surface area contributed by atoms with E-state index in [9.17, 15) is 9.90 Å². The SMILES string of the molecule is C#CCOc1ccc(OCCNC(=O)C(O)COc2ccccc2)cc1OC. The van der Waals surface area contributed by atoms with Crippen molar-refractivity contribution in [2.24, 2.45) is 0 Å². The van der Waals surface area contributed by atoms with E-state index in [4.69, 9.17) is 25.4 Å². The van der Waals surface area contributed by atoms with Crippen LogP contribution in [0, 0.1) is 12.3 Å². The number of aliphatic hydroxyl groups is 1. The van der Waals surface area contributed by atoms with E-state index in [0.29, 0.717) is 23.0 Å². The second kappa shape index (κ2) is 11.4. The average Bonchev–Trinajstić information content (AvgIpc) is 2.74. The third-order valence-corrected chi connectivity index (χ3v) is 3.57. The number of ether oxygens (including phenoxy) is 4. The monoisotopic (exact) mass is 385 g/mol. The lowest BCUT2D eigenvalue weighted by atomic mass is 10.3. The van der Waals surface area contributed by atoms with Crippen LogP contribution in [0.1, 0.15) is 0 Å². The van der Waals surface area contributed by atoms with Crippen molar-refractivity contribution < 1.29 is 28.8 Å². The van der Waals surface area contributed by atoms with Gasteiger partial charge in [0.25, 0.3) is 5.91 Å². The highest BCUT2D eigenvalue weighted by molar-refractivity contribution is 5.80. The largest absolute Gasteiger partial charge is 0.493 e. The molecule has 2 aromatic rings. The predicted molar refractivity (Wildman–Crippen MR) is 104 cm³/mol. The molecule has 148 valence electrons. The zero-order valence-electron chi connectivity index (χ0n) is 15.6. The predicted octanol–water partition coefficient (Wildman–Crippen LogP) is 1.64. The van der Waals surface area contributed by atoms with E-state index >= 15 is 0 Å². The second-order valence-corrected chi connectivity index (χ2v) is 5.58. The summed E-state index contributed by atoms with van der Waals surface area (Å²) in [6.07, 6.45) is 3.90. The second-order valence-electron chi connectivity index (χ2n) is 5.58. The molecule has 0 aromatic heterocycles. The lowest BCUT2D eigenvalue weighted by Gasteiger charge is -2.14. The van der Waals surface area contributed by atoms with Gasteiger partial charge in [-0.05, 0) is 24.3 Å². The Hall–Kier alpha value is -3.37. The van der Waals surface area contributed by atoms with Gasteiger partial charge in [-0.1, -0.05) is 24.1 Å². The maximum absolute atomic E-state index is 11.9. The first-order valence-electron chi connectivity index (χ1n) is 8.64. The maximum Gasteiger partial charge on any atom is 0.252 e. The summed E-state index contributed by atoms with van der Waals surface area (Å²) >= 11 is 0. The molecule has 2 N–H and O–H groups in total. The number of amides is 1. The maximum atomic E-state index is 11.9. The fourth-order valence-electron chi connectivity index (χ4n) is 2.20. The van der Waals surface area contributed by atoms with Gasteiger partial charge in [-0.25, -0.2) is 0 Å². The van der Waals surface area contributed by atoms with Crippen LogP contribution in [0.25, 0.3) is 0 Å². The van der Waals surface area contributed by atoms with Gasteiger partial charge < -0.3 is 29.4 Å². The lowest BCUT2D eigenvalue weighted by molar-refractivity contribution is -0.130. The van der Waals surface area contributed by atoms with Gasteiger partial charge in [-0.2, -0.15) is 0 Å². The molecule has 0 bridgehead atoms. The van der Waals surface area contributed by atoms with E-state index in [1.165, 1.54) is 7.11 Å². The zero-order chi connectivity index (χ0) is 20.2. The summed E-state index contributed by atoms with van der Waals surface area (Å²) in [6.45, 7) is 0.441. The number of methoxy groups -OCH3 is 1. The van der Waals surface area contributed by atoms with Crippen LogP contribution in [0.4, 0.5) is 0 Å². The fraction of sp³-hybridized carbons (Fsp3) is 0.286. The smallest absolute Gasteiger partial charge is 0.252 e. The molecular formula is C21H23NO6. The summed E-state index contributed by atoms with van der Waals surface area (Å²) in [5, 5.41) is 12.4. The van der Waals surface area contributed by atoms with Gasteiger partial charge in [0.05, 0.1) is 13.7 Å². The first-order chi connectivity index (χ1) is 13.6. The Morgan fingerprint density at radius 2 is 1.89 bits per heavy atom. The molecule has 0 saturated carbocycles. The molecule has 0 fully saturated rings. The number of para-hydroxylation sites is 1. The fourth-order valence-corrected chi connectivity index (χ4v) is 2.20. The van der Waals surface area contributed by atoms with Crippen LogP contribution in [0.2, 0.25) is 0 Å². The molecule has 2 aromatic carbocycles.